The molecule has 186 valence electrons. The van der Waals surface area contributed by atoms with E-state index in [1.54, 1.807) is 42.5 Å². The summed E-state index contributed by atoms with van der Waals surface area (Å²) in [5, 5.41) is 21.8. The molecule has 0 radical (unpaired) electrons. The number of phenolic OH excluding ortho intramolecular Hbond substituents is 2. The quantitative estimate of drug-likeness (QED) is 0.230. The molecule has 0 atom stereocenters. The molecule has 2 N–H and O–H groups in total. The zero-order valence-corrected chi connectivity index (χ0v) is 20.5. The number of hydroxylamine groups is 1. The fraction of sp³-hybridized carbons (Fsp3) is 0.241. The Bertz CT molecular complexity index is 1360. The summed E-state index contributed by atoms with van der Waals surface area (Å²) in [6.07, 6.45) is 2.71. The van der Waals surface area contributed by atoms with Crippen molar-refractivity contribution >= 4 is 28.5 Å². The van der Waals surface area contributed by atoms with Crippen LogP contribution in [0.3, 0.4) is 0 Å². The fourth-order valence-corrected chi connectivity index (χ4v) is 4.31. The lowest BCUT2D eigenvalue weighted by Gasteiger charge is -2.22. The number of benzene rings is 3. The number of phenols is 2. The molecular formula is C29H30N2O5. The van der Waals surface area contributed by atoms with E-state index >= 15 is 0 Å². The highest BCUT2D eigenvalue weighted by Gasteiger charge is 2.29. The number of hydrogen-bond acceptors (Lipinski definition) is 5. The lowest BCUT2D eigenvalue weighted by Crippen LogP contribution is -2.32. The van der Waals surface area contributed by atoms with Gasteiger partial charge < -0.3 is 19.6 Å². The summed E-state index contributed by atoms with van der Waals surface area (Å²) in [6.45, 7) is 3.85. The van der Waals surface area contributed by atoms with Crippen LogP contribution in [0.2, 0.25) is 0 Å². The molecule has 1 aromatic heterocycles. The van der Waals surface area contributed by atoms with Crippen LogP contribution in [0.1, 0.15) is 45.1 Å². The van der Waals surface area contributed by atoms with E-state index in [0.29, 0.717) is 35.3 Å². The summed E-state index contributed by atoms with van der Waals surface area (Å²) in [7, 11) is 0. The highest BCUT2D eigenvalue weighted by molar-refractivity contribution is 6.09. The van der Waals surface area contributed by atoms with Crippen molar-refractivity contribution in [2.75, 3.05) is 5.06 Å². The smallest absolute Gasteiger partial charge is 0.333 e. The van der Waals surface area contributed by atoms with Crippen LogP contribution in [0.15, 0.2) is 72.8 Å². The summed E-state index contributed by atoms with van der Waals surface area (Å²) < 4.78 is 2.02. The van der Waals surface area contributed by atoms with Crippen molar-refractivity contribution in [2.24, 2.45) is 0 Å². The molecule has 0 fully saturated rings. The third-order valence-corrected chi connectivity index (χ3v) is 6.01. The monoisotopic (exact) mass is 486 g/mol. The summed E-state index contributed by atoms with van der Waals surface area (Å²) in [4.78, 5) is 31.2. The maximum absolute atomic E-state index is 12.9. The van der Waals surface area contributed by atoms with Crippen LogP contribution in [0.5, 0.6) is 11.5 Å². The van der Waals surface area contributed by atoms with Crippen LogP contribution in [-0.2, 0) is 21.0 Å². The molecule has 7 heteroatoms. The Balaban J connectivity index is 1.94. The van der Waals surface area contributed by atoms with E-state index in [9.17, 15) is 19.8 Å². The molecule has 0 aliphatic heterocycles. The topological polar surface area (TPSA) is 92.0 Å². The van der Waals surface area contributed by atoms with E-state index in [2.05, 4.69) is 0 Å². The van der Waals surface area contributed by atoms with Crippen molar-refractivity contribution in [1.82, 2.24) is 4.57 Å². The van der Waals surface area contributed by atoms with Crippen molar-refractivity contribution in [3.63, 3.8) is 0 Å². The third-order valence-electron chi connectivity index (χ3n) is 6.01. The van der Waals surface area contributed by atoms with Gasteiger partial charge >= 0.3 is 5.97 Å². The summed E-state index contributed by atoms with van der Waals surface area (Å²) in [6, 6.07) is 21.4. The Morgan fingerprint density at radius 3 is 2.28 bits per heavy atom. The molecule has 3 aromatic carbocycles. The molecule has 0 saturated heterocycles. The number of anilines is 1. The standard InChI is InChI=1S/C29H30N2O5/c1-3-4-6-11-27(35)36-31(20(2)32)29-25-18-24(34)16-17-26(25)30(19-21-9-7-5-8-10-21)28(29)22-12-14-23(33)15-13-22/h5,7-10,12-18,33-34H,3-4,6,11,19H2,1-2H3. The minimum atomic E-state index is -0.501. The van der Waals surface area contributed by atoms with Gasteiger partial charge in [0.1, 0.15) is 17.2 Å². The van der Waals surface area contributed by atoms with Gasteiger partial charge in [-0.3, -0.25) is 4.79 Å². The van der Waals surface area contributed by atoms with Gasteiger partial charge in [-0.2, -0.15) is 0 Å². The molecule has 0 spiro atoms. The van der Waals surface area contributed by atoms with Gasteiger partial charge in [0.05, 0.1) is 11.2 Å². The van der Waals surface area contributed by atoms with Crippen LogP contribution >= 0.6 is 0 Å². The SMILES string of the molecule is CCCCCC(=O)ON(C(C)=O)c1c(-c2ccc(O)cc2)n(Cc2ccccc2)c2ccc(O)cc12. The van der Waals surface area contributed by atoms with Crippen LogP contribution < -0.4 is 5.06 Å². The van der Waals surface area contributed by atoms with Gasteiger partial charge in [-0.15, -0.1) is 5.06 Å². The van der Waals surface area contributed by atoms with Crippen LogP contribution in [-0.4, -0.2) is 26.7 Å². The third kappa shape index (κ3) is 5.35. The maximum atomic E-state index is 12.9. The number of aromatic hydroxyl groups is 2. The number of rotatable bonds is 8. The van der Waals surface area contributed by atoms with Crippen molar-refractivity contribution in [2.45, 2.75) is 46.1 Å². The highest BCUT2D eigenvalue weighted by atomic mass is 16.7. The largest absolute Gasteiger partial charge is 0.508 e. The first-order valence-corrected chi connectivity index (χ1v) is 12.1. The van der Waals surface area contributed by atoms with Crippen LogP contribution in [0.25, 0.3) is 22.2 Å². The zero-order chi connectivity index (χ0) is 25.7. The van der Waals surface area contributed by atoms with E-state index in [0.717, 1.165) is 29.0 Å². The maximum Gasteiger partial charge on any atom is 0.333 e. The molecule has 36 heavy (non-hydrogen) atoms. The number of fused-ring (bicyclic) bond motifs is 1. The molecule has 1 heterocycles. The van der Waals surface area contributed by atoms with Gasteiger partial charge in [0, 0.05) is 30.8 Å². The normalized spacial score (nSPS) is 10.9. The molecule has 0 bridgehead atoms. The lowest BCUT2D eigenvalue weighted by molar-refractivity contribution is -0.150. The molecule has 1 amide bonds. The van der Waals surface area contributed by atoms with Gasteiger partial charge in [0.25, 0.3) is 5.91 Å². The van der Waals surface area contributed by atoms with Gasteiger partial charge in [-0.1, -0.05) is 50.1 Å². The Kier molecular flexibility index (Phi) is 7.59. The number of amides is 1. The summed E-state index contributed by atoms with van der Waals surface area (Å²) in [5.41, 5.74) is 3.47. The summed E-state index contributed by atoms with van der Waals surface area (Å²) >= 11 is 0. The summed E-state index contributed by atoms with van der Waals surface area (Å²) in [5.74, 6) is -0.842. The van der Waals surface area contributed by atoms with E-state index in [1.807, 2.05) is 41.8 Å². The van der Waals surface area contributed by atoms with Crippen molar-refractivity contribution in [3.8, 4) is 22.8 Å². The fourth-order valence-electron chi connectivity index (χ4n) is 4.31. The van der Waals surface area contributed by atoms with Crippen LogP contribution in [0.4, 0.5) is 5.69 Å². The van der Waals surface area contributed by atoms with Crippen LogP contribution in [0, 0.1) is 0 Å². The average Bonchev–Trinajstić information content (AvgIpc) is 3.16. The average molecular weight is 487 g/mol. The molecular weight excluding hydrogens is 456 g/mol. The Morgan fingerprint density at radius 1 is 0.917 bits per heavy atom. The van der Waals surface area contributed by atoms with E-state index in [4.69, 9.17) is 4.84 Å². The van der Waals surface area contributed by atoms with Crippen molar-refractivity contribution in [1.29, 1.82) is 0 Å². The molecule has 0 aliphatic carbocycles. The first-order chi connectivity index (χ1) is 17.4. The molecule has 0 unspecified atom stereocenters. The molecule has 0 aliphatic rings. The molecule has 4 aromatic rings. The van der Waals surface area contributed by atoms with E-state index in [1.165, 1.54) is 6.92 Å². The molecule has 7 nitrogen and oxygen atoms in total. The number of carbonyl (C=O) groups is 2. The van der Waals surface area contributed by atoms with E-state index in [-0.39, 0.29) is 17.9 Å². The Hall–Kier alpha value is -4.26. The van der Waals surface area contributed by atoms with Gasteiger partial charge in [-0.25, -0.2) is 4.79 Å². The molecule has 4 rings (SSSR count). The number of carbonyl (C=O) groups excluding carboxylic acids is 2. The Labute approximate surface area is 210 Å². The Morgan fingerprint density at radius 2 is 1.61 bits per heavy atom. The minimum absolute atomic E-state index is 0.0237. The lowest BCUT2D eigenvalue weighted by atomic mass is 10.1. The van der Waals surface area contributed by atoms with Crippen molar-refractivity contribution in [3.05, 3.63) is 78.4 Å². The number of nitrogens with zero attached hydrogens (tertiary/aromatic N) is 2. The second kappa shape index (κ2) is 11.0. The van der Waals surface area contributed by atoms with Gasteiger partial charge in [0.15, 0.2) is 0 Å². The number of unbranched alkanes of at least 4 members (excludes halogenated alkanes) is 2. The number of aromatic nitrogens is 1. The second-order valence-corrected chi connectivity index (χ2v) is 8.75. The minimum Gasteiger partial charge on any atom is -0.508 e. The first-order valence-electron chi connectivity index (χ1n) is 12.1. The molecule has 0 saturated carbocycles. The zero-order valence-electron chi connectivity index (χ0n) is 20.5. The van der Waals surface area contributed by atoms with Crippen molar-refractivity contribution < 1.29 is 24.6 Å². The van der Waals surface area contributed by atoms with Gasteiger partial charge in [0.2, 0.25) is 0 Å². The highest BCUT2D eigenvalue weighted by Crippen LogP contribution is 2.43. The first kappa shape index (κ1) is 24.9. The second-order valence-electron chi connectivity index (χ2n) is 8.75. The van der Waals surface area contributed by atoms with Gasteiger partial charge in [-0.05, 0) is 54.4 Å². The van der Waals surface area contributed by atoms with E-state index < -0.39 is 11.9 Å². The number of hydrogen-bond donors (Lipinski definition) is 2. The predicted molar refractivity (Wildman–Crippen MR) is 140 cm³/mol. The predicted octanol–water partition coefficient (Wildman–Crippen LogP) is 6.16.